The van der Waals surface area contributed by atoms with E-state index in [1.54, 1.807) is 0 Å². The quantitative estimate of drug-likeness (QED) is 0.770. The third-order valence-corrected chi connectivity index (χ3v) is 3.93. The van der Waals surface area contributed by atoms with Crippen molar-refractivity contribution in [1.82, 2.24) is 10.2 Å². The third-order valence-electron chi connectivity index (χ3n) is 3.93. The number of nitrogens with zero attached hydrogens (tertiary/aromatic N) is 1. The van der Waals surface area contributed by atoms with Crippen LogP contribution >= 0.6 is 0 Å². The van der Waals surface area contributed by atoms with Crippen molar-refractivity contribution in [3.05, 3.63) is 0 Å². The number of carbonyl (C=O) groups excluding carboxylic acids is 1. The summed E-state index contributed by atoms with van der Waals surface area (Å²) < 4.78 is 76.3. The van der Waals surface area contributed by atoms with Crippen molar-refractivity contribution < 1.29 is 31.1 Å². The monoisotopic (exact) mass is 320 g/mol. The van der Waals surface area contributed by atoms with Gasteiger partial charge in [0.1, 0.15) is 0 Å². The first-order chi connectivity index (χ1) is 9.40. The van der Waals surface area contributed by atoms with E-state index < -0.39 is 23.9 Å². The number of urea groups is 1. The Balaban J connectivity index is 2.86. The molecule has 9 heteroatoms. The fourth-order valence-corrected chi connectivity index (χ4v) is 2.24. The second-order valence-corrected chi connectivity index (χ2v) is 5.45. The first-order valence-corrected chi connectivity index (χ1v) is 6.58. The van der Waals surface area contributed by atoms with Crippen molar-refractivity contribution in [1.29, 1.82) is 0 Å². The molecule has 0 saturated heterocycles. The molecule has 124 valence electrons. The van der Waals surface area contributed by atoms with Crippen LogP contribution in [0.5, 0.6) is 0 Å². The van der Waals surface area contributed by atoms with Crippen molar-refractivity contribution in [2.45, 2.75) is 63.0 Å². The van der Waals surface area contributed by atoms with Gasteiger partial charge in [0, 0.05) is 13.1 Å². The number of alkyl halides is 6. The van der Waals surface area contributed by atoms with Gasteiger partial charge in [0.15, 0.2) is 0 Å². The molecule has 0 aromatic rings. The molecule has 1 N–H and O–H groups in total. The largest absolute Gasteiger partial charge is 0.420 e. The molecule has 3 nitrogen and oxygen atoms in total. The number of hydrogen-bond donors (Lipinski definition) is 1. The Bertz CT molecular complexity index is 359. The second kappa shape index (κ2) is 5.92. The number of nitrogens with one attached hydrogen (secondary N) is 1. The molecule has 0 spiro atoms. The molecule has 1 aliphatic carbocycles. The number of rotatable bonds is 2. The van der Waals surface area contributed by atoms with Gasteiger partial charge in [-0.2, -0.15) is 26.3 Å². The van der Waals surface area contributed by atoms with Crippen molar-refractivity contribution in [2.24, 2.45) is 0 Å². The van der Waals surface area contributed by atoms with Gasteiger partial charge < -0.3 is 10.2 Å². The van der Waals surface area contributed by atoms with Crippen molar-refractivity contribution in [3.8, 4) is 0 Å². The molecule has 0 bridgehead atoms. The zero-order valence-corrected chi connectivity index (χ0v) is 11.7. The topological polar surface area (TPSA) is 32.3 Å². The molecule has 0 heterocycles. The van der Waals surface area contributed by atoms with Crippen LogP contribution in [0, 0.1) is 0 Å². The van der Waals surface area contributed by atoms with E-state index in [4.69, 9.17) is 0 Å². The molecule has 0 unspecified atom stereocenters. The molecule has 0 radical (unpaired) electrons. The van der Waals surface area contributed by atoms with Crippen LogP contribution in [0.1, 0.15) is 39.0 Å². The molecule has 0 atom stereocenters. The maximum atomic E-state index is 12.7. The minimum absolute atomic E-state index is 0.0698. The van der Waals surface area contributed by atoms with Gasteiger partial charge in [-0.05, 0) is 19.8 Å². The molecular weight excluding hydrogens is 302 g/mol. The van der Waals surface area contributed by atoms with Gasteiger partial charge in [0.05, 0.1) is 0 Å². The highest BCUT2D eigenvalue weighted by Crippen LogP contribution is 2.42. The minimum atomic E-state index is -5.63. The van der Waals surface area contributed by atoms with E-state index in [0.717, 1.165) is 29.5 Å². The SMILES string of the molecule is CN(C(=O)NC(C)(C(F)(F)F)C(F)(F)F)C1CCCCC1. The summed E-state index contributed by atoms with van der Waals surface area (Å²) in [6.45, 7) is -0.0698. The molecule has 21 heavy (non-hydrogen) atoms. The Morgan fingerprint density at radius 1 is 1.00 bits per heavy atom. The number of hydrogen-bond acceptors (Lipinski definition) is 1. The maximum absolute atomic E-state index is 12.7. The lowest BCUT2D eigenvalue weighted by Gasteiger charge is -2.38. The molecule has 1 rings (SSSR count). The third kappa shape index (κ3) is 3.74. The smallest absolute Gasteiger partial charge is 0.325 e. The van der Waals surface area contributed by atoms with Crippen LogP contribution in [-0.2, 0) is 0 Å². The van der Waals surface area contributed by atoms with Crippen LogP contribution in [-0.4, -0.2) is 41.9 Å². The summed E-state index contributed by atoms with van der Waals surface area (Å²) in [5, 5.41) is 1.11. The van der Waals surface area contributed by atoms with Crippen molar-refractivity contribution in [2.75, 3.05) is 7.05 Å². The first kappa shape index (κ1) is 17.9. The zero-order valence-electron chi connectivity index (χ0n) is 11.7. The Hall–Kier alpha value is -1.15. The fraction of sp³-hybridized carbons (Fsp3) is 0.917. The molecule has 1 saturated carbocycles. The zero-order chi connectivity index (χ0) is 16.5. The van der Waals surface area contributed by atoms with Crippen LogP contribution in [0.25, 0.3) is 0 Å². The standard InChI is InChI=1S/C12H18F6N2O/c1-10(11(13,14)15,12(16,17)18)19-9(21)20(2)8-6-4-3-5-7-8/h8H,3-7H2,1-2H3,(H,19,21). The van der Waals surface area contributed by atoms with Gasteiger partial charge in [-0.25, -0.2) is 4.79 Å². The van der Waals surface area contributed by atoms with Gasteiger partial charge in [0.25, 0.3) is 0 Å². The summed E-state index contributed by atoms with van der Waals surface area (Å²) >= 11 is 0. The van der Waals surface area contributed by atoms with Gasteiger partial charge >= 0.3 is 18.4 Å². The van der Waals surface area contributed by atoms with Crippen LogP contribution in [0.4, 0.5) is 31.1 Å². The first-order valence-electron chi connectivity index (χ1n) is 6.58. The maximum Gasteiger partial charge on any atom is 0.420 e. The Labute approximate surface area is 118 Å². The summed E-state index contributed by atoms with van der Waals surface area (Å²) in [5.74, 6) is 0. The Morgan fingerprint density at radius 3 is 1.81 bits per heavy atom. The second-order valence-electron chi connectivity index (χ2n) is 5.45. The molecule has 2 amide bonds. The average Bonchev–Trinajstić information content (AvgIpc) is 2.36. The number of carbonyl (C=O) groups is 1. The molecule has 1 fully saturated rings. The predicted molar refractivity (Wildman–Crippen MR) is 63.7 cm³/mol. The van der Waals surface area contributed by atoms with E-state index >= 15 is 0 Å². The van der Waals surface area contributed by atoms with E-state index in [1.165, 1.54) is 7.05 Å². The summed E-state index contributed by atoms with van der Waals surface area (Å²) in [7, 11) is 1.22. The van der Waals surface area contributed by atoms with Crippen LogP contribution in [0.2, 0.25) is 0 Å². The van der Waals surface area contributed by atoms with Crippen LogP contribution in [0.15, 0.2) is 0 Å². The predicted octanol–water partition coefficient (Wildman–Crippen LogP) is 3.84. The Kier molecular flexibility index (Phi) is 5.05. The molecule has 0 aromatic carbocycles. The lowest BCUT2D eigenvalue weighted by molar-refractivity contribution is -0.298. The number of halogens is 6. The lowest BCUT2D eigenvalue weighted by atomic mass is 9.94. The van der Waals surface area contributed by atoms with E-state index in [-0.39, 0.29) is 13.0 Å². The summed E-state index contributed by atoms with van der Waals surface area (Å²) in [4.78, 5) is 12.7. The summed E-state index contributed by atoms with van der Waals surface area (Å²) in [6, 6.07) is -1.69. The highest BCUT2D eigenvalue weighted by molar-refractivity contribution is 5.75. The van der Waals surface area contributed by atoms with E-state index in [1.807, 2.05) is 0 Å². The molecule has 0 aliphatic heterocycles. The van der Waals surface area contributed by atoms with E-state index in [9.17, 15) is 31.1 Å². The van der Waals surface area contributed by atoms with E-state index in [0.29, 0.717) is 12.8 Å². The molecular formula is C12H18F6N2O. The van der Waals surface area contributed by atoms with Gasteiger partial charge in [-0.1, -0.05) is 19.3 Å². The average molecular weight is 320 g/mol. The molecule has 1 aliphatic rings. The van der Waals surface area contributed by atoms with Gasteiger partial charge in [-0.15, -0.1) is 0 Å². The highest BCUT2D eigenvalue weighted by atomic mass is 19.4. The lowest BCUT2D eigenvalue weighted by Crippen LogP contribution is -2.67. The van der Waals surface area contributed by atoms with Gasteiger partial charge in [-0.3, -0.25) is 0 Å². The molecule has 0 aromatic heterocycles. The Morgan fingerprint density at radius 2 is 1.43 bits per heavy atom. The minimum Gasteiger partial charge on any atom is -0.325 e. The van der Waals surface area contributed by atoms with Crippen molar-refractivity contribution >= 4 is 6.03 Å². The fourth-order valence-electron chi connectivity index (χ4n) is 2.24. The normalized spacial score (nSPS) is 18.5. The van der Waals surface area contributed by atoms with Gasteiger partial charge in [0.2, 0.25) is 5.54 Å². The summed E-state index contributed by atoms with van der Waals surface area (Å²) in [6.07, 6.45) is -7.54. The van der Waals surface area contributed by atoms with Crippen molar-refractivity contribution in [3.63, 3.8) is 0 Å². The van der Waals surface area contributed by atoms with E-state index in [2.05, 4.69) is 0 Å². The summed E-state index contributed by atoms with van der Waals surface area (Å²) in [5.41, 5.74) is -4.26. The van der Waals surface area contributed by atoms with Crippen LogP contribution in [0.3, 0.4) is 0 Å². The number of amides is 2. The van der Waals surface area contributed by atoms with Crippen LogP contribution < -0.4 is 5.32 Å². The highest BCUT2D eigenvalue weighted by Gasteiger charge is 2.68.